The van der Waals surface area contributed by atoms with Gasteiger partial charge in [-0.2, -0.15) is 5.26 Å². The number of hydrogen-bond donors (Lipinski definition) is 1. The number of nitrogens with zero attached hydrogens (tertiary/aromatic N) is 3. The molecule has 1 aromatic heterocycles. The molecular weight excluding hydrogens is 465 g/mol. The lowest BCUT2D eigenvalue weighted by atomic mass is 10.1. The molecule has 0 saturated carbocycles. The van der Waals surface area contributed by atoms with Gasteiger partial charge in [-0.05, 0) is 19.1 Å². The van der Waals surface area contributed by atoms with Gasteiger partial charge in [0.05, 0.1) is 12.6 Å². The van der Waals surface area contributed by atoms with Gasteiger partial charge in [0.15, 0.2) is 11.6 Å². The van der Waals surface area contributed by atoms with Gasteiger partial charge in [0.2, 0.25) is 5.78 Å². The van der Waals surface area contributed by atoms with Crippen LogP contribution in [0.15, 0.2) is 29.5 Å². The Morgan fingerprint density at radius 3 is 2.68 bits per heavy atom. The molecule has 0 spiro atoms. The highest BCUT2D eigenvalue weighted by Gasteiger charge is 2.23. The lowest BCUT2D eigenvalue weighted by Gasteiger charge is -2.10. The first kappa shape index (κ1) is 19.5. The van der Waals surface area contributed by atoms with Crippen molar-refractivity contribution in [2.24, 2.45) is 0 Å². The quantitative estimate of drug-likeness (QED) is 0.170. The molecule has 1 heterocycles. The molecule has 1 aromatic carbocycles. The first-order valence-corrected chi connectivity index (χ1v) is 10.2. The number of halogens is 3. The normalized spacial score (nSPS) is 12.1. The maximum atomic E-state index is 14.0. The summed E-state index contributed by atoms with van der Waals surface area (Å²) in [5, 5.41) is 12.4. The average molecular weight is 478 g/mol. The second-order valence-corrected chi connectivity index (χ2v) is 6.62. The highest BCUT2D eigenvalue weighted by molar-refractivity contribution is 14.2. The molecule has 2 rings (SSSR count). The lowest BCUT2D eigenvalue weighted by Crippen LogP contribution is -2.13. The van der Waals surface area contributed by atoms with E-state index in [2.05, 4.69) is 10.2 Å². The van der Waals surface area contributed by atoms with Crippen LogP contribution >= 0.6 is 30.3 Å². The summed E-state index contributed by atoms with van der Waals surface area (Å²) in [5.41, 5.74) is 1.04. The van der Waals surface area contributed by atoms with Gasteiger partial charge in [-0.25, -0.2) is 4.39 Å². The van der Waals surface area contributed by atoms with E-state index < -0.39 is 11.6 Å². The Kier molecular flexibility index (Phi) is 6.26. The van der Waals surface area contributed by atoms with Crippen LogP contribution in [0.1, 0.15) is 17.4 Å². The highest BCUT2D eigenvalue weighted by atomic mass is 127. The monoisotopic (exact) mass is 478 g/mol. The third-order valence-corrected chi connectivity index (χ3v) is 5.14. The number of ketones is 1. The average Bonchev–Trinajstić information content (AvgIpc) is 2.92. The minimum atomic E-state index is -0.769. The minimum Gasteiger partial charge on any atom is -0.390 e. The molecule has 0 saturated heterocycles. The molecule has 25 heavy (non-hydrogen) atoms. The van der Waals surface area contributed by atoms with Gasteiger partial charge in [-0.3, -0.25) is 8.77 Å². The predicted molar refractivity (Wildman–Crippen MR) is 100 cm³/mol. The number of benzene rings is 1. The maximum Gasteiger partial charge on any atom is 0.222 e. The van der Waals surface area contributed by atoms with E-state index in [1.165, 1.54) is 25.2 Å². The van der Waals surface area contributed by atoms with E-state index in [1.807, 2.05) is 27.3 Å². The summed E-state index contributed by atoms with van der Waals surface area (Å²) >= 11 is 1.96. The number of fused-ring (bicyclic) bond motifs is 1. The fourth-order valence-corrected chi connectivity index (χ4v) is 3.90. The van der Waals surface area contributed by atoms with Crippen molar-refractivity contribution in [3.63, 3.8) is 0 Å². The van der Waals surface area contributed by atoms with E-state index in [0.29, 0.717) is 16.6 Å². The summed E-state index contributed by atoms with van der Waals surface area (Å²) in [4.78, 5) is 17.4. The van der Waals surface area contributed by atoms with Crippen molar-refractivity contribution in [3.05, 3.63) is 41.0 Å². The number of Topliss-reactive ketones (excluding diaryl/α,β-unsaturated/α-hetero) is 1. The van der Waals surface area contributed by atoms with Gasteiger partial charge < -0.3 is 10.2 Å². The standard InChI is InChI=1S/C15H13F2IN4O2S/c1-8(20-2)10(7-19)15(23)13-5-9-4-11(16)14(24-21(3)17)6-12(9)22(13)25-18/h4-6,20H,1-3H3/b10-8-. The van der Waals surface area contributed by atoms with E-state index in [0.717, 1.165) is 13.1 Å². The van der Waals surface area contributed by atoms with Crippen LogP contribution in [0, 0.1) is 17.1 Å². The number of hydrogen-bond acceptors (Lipinski definition) is 6. The lowest BCUT2D eigenvalue weighted by molar-refractivity contribution is -0.188. The van der Waals surface area contributed by atoms with Crippen molar-refractivity contribution in [1.82, 2.24) is 14.6 Å². The summed E-state index contributed by atoms with van der Waals surface area (Å²) in [6, 6.07) is 5.81. The SMILES string of the molecule is CN/C(C)=C(/C#N)C(=O)c1cc2cc(F)c(ON(C)F)cc2n1SI. The zero-order chi connectivity index (χ0) is 18.7. The zero-order valence-corrected chi connectivity index (χ0v) is 16.4. The Balaban J connectivity index is 2.67. The second-order valence-electron chi connectivity index (χ2n) is 4.94. The van der Waals surface area contributed by atoms with Crippen molar-refractivity contribution in [2.75, 3.05) is 14.1 Å². The van der Waals surface area contributed by atoms with Crippen molar-refractivity contribution >= 4 is 47.0 Å². The molecule has 6 nitrogen and oxygen atoms in total. The molecule has 2 aromatic rings. The number of aromatic nitrogens is 1. The highest BCUT2D eigenvalue weighted by Crippen LogP contribution is 2.34. The van der Waals surface area contributed by atoms with E-state index in [1.54, 1.807) is 14.0 Å². The van der Waals surface area contributed by atoms with Crippen molar-refractivity contribution < 1.29 is 18.5 Å². The Labute approximate surface area is 159 Å². The number of carbonyl (C=O) groups is 1. The van der Waals surface area contributed by atoms with Crippen molar-refractivity contribution in [3.8, 4) is 11.8 Å². The fourth-order valence-electron chi connectivity index (χ4n) is 2.18. The van der Waals surface area contributed by atoms with Gasteiger partial charge in [0.25, 0.3) is 0 Å². The van der Waals surface area contributed by atoms with Crippen molar-refractivity contribution in [2.45, 2.75) is 6.92 Å². The van der Waals surface area contributed by atoms with Crippen LogP contribution in [0.2, 0.25) is 0 Å². The third-order valence-electron chi connectivity index (χ3n) is 3.43. The number of nitrogens with one attached hydrogen (secondary N) is 1. The molecule has 0 bridgehead atoms. The van der Waals surface area contributed by atoms with Gasteiger partial charge in [0, 0.05) is 59.8 Å². The van der Waals surface area contributed by atoms with Crippen molar-refractivity contribution in [1.29, 1.82) is 5.26 Å². The maximum absolute atomic E-state index is 14.0. The Hall–Kier alpha value is -1.84. The van der Waals surface area contributed by atoms with Crippen LogP contribution < -0.4 is 10.2 Å². The molecule has 0 aliphatic heterocycles. The number of nitriles is 1. The first-order chi connectivity index (χ1) is 11.8. The van der Waals surface area contributed by atoms with Crippen LogP contribution in [0.4, 0.5) is 8.87 Å². The number of rotatable bonds is 6. The Morgan fingerprint density at radius 1 is 1.48 bits per heavy atom. The van der Waals surface area contributed by atoms with Gasteiger partial charge in [-0.1, -0.05) is 4.48 Å². The number of carbonyl (C=O) groups excluding carboxylic acids is 1. The summed E-state index contributed by atoms with van der Waals surface area (Å²) in [7, 11) is 3.76. The molecule has 0 radical (unpaired) electrons. The summed E-state index contributed by atoms with van der Waals surface area (Å²) in [6.45, 7) is 1.61. The minimum absolute atomic E-state index is 0.0440. The van der Waals surface area contributed by atoms with Crippen LogP contribution in [0.25, 0.3) is 10.9 Å². The predicted octanol–water partition coefficient (Wildman–Crippen LogP) is 3.94. The number of hydroxylamine groups is 1. The Bertz CT molecular complexity index is 905. The fraction of sp³-hybridized carbons (Fsp3) is 0.200. The van der Waals surface area contributed by atoms with Crippen LogP contribution in [-0.2, 0) is 0 Å². The molecule has 0 fully saturated rings. The molecule has 0 amide bonds. The zero-order valence-electron chi connectivity index (χ0n) is 13.4. The van der Waals surface area contributed by atoms with Gasteiger partial charge in [-0.15, -0.1) is 0 Å². The first-order valence-electron chi connectivity index (χ1n) is 6.89. The van der Waals surface area contributed by atoms with Gasteiger partial charge in [0.1, 0.15) is 17.3 Å². The topological polar surface area (TPSA) is 70.3 Å². The van der Waals surface area contributed by atoms with E-state index in [9.17, 15) is 18.9 Å². The molecule has 132 valence electrons. The molecule has 0 aliphatic carbocycles. The Morgan fingerprint density at radius 2 is 2.16 bits per heavy atom. The molecule has 0 unspecified atom stereocenters. The molecule has 10 heteroatoms. The molecular formula is C15H13F2IN4O2S. The van der Waals surface area contributed by atoms with Crippen LogP contribution in [0.5, 0.6) is 5.75 Å². The van der Waals surface area contributed by atoms with Gasteiger partial charge >= 0.3 is 0 Å². The molecule has 0 atom stereocenters. The summed E-state index contributed by atoms with van der Waals surface area (Å²) < 4.78 is 28.5. The van der Waals surface area contributed by atoms with Crippen LogP contribution in [-0.4, -0.2) is 29.1 Å². The van der Waals surface area contributed by atoms with E-state index in [4.69, 9.17) is 0 Å². The smallest absolute Gasteiger partial charge is 0.222 e. The molecule has 1 N–H and O–H groups in total. The summed E-state index contributed by atoms with van der Waals surface area (Å²) in [6.07, 6.45) is 0. The third kappa shape index (κ3) is 3.88. The molecule has 0 aliphatic rings. The van der Waals surface area contributed by atoms with E-state index in [-0.39, 0.29) is 22.3 Å². The van der Waals surface area contributed by atoms with Crippen LogP contribution in [0.3, 0.4) is 0 Å². The number of allylic oxidation sites excluding steroid dienone is 2. The van der Waals surface area contributed by atoms with E-state index >= 15 is 0 Å². The largest absolute Gasteiger partial charge is 0.390 e. The summed E-state index contributed by atoms with van der Waals surface area (Å²) in [5.74, 6) is -1.59. The second kappa shape index (κ2) is 8.03.